The van der Waals surface area contributed by atoms with Crippen molar-refractivity contribution in [2.75, 3.05) is 16.5 Å². The first-order chi connectivity index (χ1) is 35.7. The monoisotopic (exact) mass is 944 g/mol. The van der Waals surface area contributed by atoms with E-state index in [9.17, 15) is 0 Å². The summed E-state index contributed by atoms with van der Waals surface area (Å²) in [6.07, 6.45) is 1.72. The van der Waals surface area contributed by atoms with Gasteiger partial charge in [0.25, 0.3) is 0 Å². The molecule has 0 unspecified atom stereocenters. The van der Waals surface area contributed by atoms with Gasteiger partial charge in [0.2, 0.25) is 0 Å². The summed E-state index contributed by atoms with van der Waals surface area (Å²) in [6.45, 7) is 18.5. The normalized spacial score (nSPS) is 13.8. The minimum Gasteiger partial charge on any atom is -0.457 e. The SMILES string of the molecule is [2H]C([2H])([2H])c1cc(-n2c3ccc(-c4ccccc4)cc3c3ccc(Oc4cccc(N5CN(c6cc(C(C)(C)C)cc(C(C)(C)C)c6)c6c(-c7ccccc7)cccc65)c4)cc32)ncc1-c1ccc(C(C)(C)C)cc1. The maximum atomic E-state index is 8.79. The van der Waals surface area contributed by atoms with E-state index in [0.29, 0.717) is 29.5 Å². The van der Waals surface area contributed by atoms with E-state index in [1.54, 1.807) is 12.3 Å². The minimum absolute atomic E-state index is 0.0401. The van der Waals surface area contributed by atoms with Gasteiger partial charge >= 0.3 is 0 Å². The average Bonchev–Trinajstić information content (AvgIpc) is 3.94. The van der Waals surface area contributed by atoms with Crippen LogP contribution in [-0.4, -0.2) is 16.2 Å². The van der Waals surface area contributed by atoms with Crippen molar-refractivity contribution in [2.45, 2.75) is 85.4 Å². The second kappa shape index (κ2) is 17.8. The number of fused-ring (bicyclic) bond motifs is 4. The van der Waals surface area contributed by atoms with Crippen LogP contribution in [0.15, 0.2) is 194 Å². The molecule has 0 N–H and O–H groups in total. The van der Waals surface area contributed by atoms with Crippen LogP contribution in [0.25, 0.3) is 61.0 Å². The summed E-state index contributed by atoms with van der Waals surface area (Å²) in [6, 6.07) is 65.7. The Balaban J connectivity index is 1.01. The molecule has 358 valence electrons. The largest absolute Gasteiger partial charge is 0.457 e. The van der Waals surface area contributed by atoms with Crippen LogP contribution in [0.4, 0.5) is 22.7 Å². The Morgan fingerprint density at radius 1 is 0.458 bits per heavy atom. The van der Waals surface area contributed by atoms with Gasteiger partial charge in [-0.15, -0.1) is 0 Å². The zero-order chi connectivity index (χ0) is 52.6. The molecule has 11 rings (SSSR count). The van der Waals surface area contributed by atoms with Gasteiger partial charge in [-0.25, -0.2) is 4.98 Å². The van der Waals surface area contributed by atoms with E-state index in [1.807, 2.05) is 36.4 Å². The first-order valence-electron chi connectivity index (χ1n) is 26.6. The van der Waals surface area contributed by atoms with Crippen LogP contribution < -0.4 is 14.5 Å². The van der Waals surface area contributed by atoms with E-state index in [1.165, 1.54) is 22.3 Å². The van der Waals surface area contributed by atoms with Crippen molar-refractivity contribution in [3.8, 4) is 50.7 Å². The lowest BCUT2D eigenvalue weighted by atomic mass is 9.80. The minimum atomic E-state index is -2.41. The van der Waals surface area contributed by atoms with Crippen LogP contribution in [0.3, 0.4) is 0 Å². The van der Waals surface area contributed by atoms with Gasteiger partial charge in [-0.2, -0.15) is 0 Å². The smallest absolute Gasteiger partial charge is 0.137 e. The molecule has 0 spiro atoms. The van der Waals surface area contributed by atoms with Crippen LogP contribution in [0.5, 0.6) is 11.5 Å². The zero-order valence-electron chi connectivity index (χ0n) is 45.9. The lowest BCUT2D eigenvalue weighted by molar-refractivity contribution is 0.483. The molecule has 8 aromatic carbocycles. The molecule has 10 aromatic rings. The van der Waals surface area contributed by atoms with Crippen molar-refractivity contribution in [1.29, 1.82) is 0 Å². The van der Waals surface area contributed by atoms with E-state index in [4.69, 9.17) is 13.8 Å². The molecule has 0 saturated carbocycles. The Kier molecular flexibility index (Phi) is 10.6. The highest BCUT2D eigenvalue weighted by atomic mass is 16.5. The summed E-state index contributed by atoms with van der Waals surface area (Å²) in [5.74, 6) is 1.84. The van der Waals surface area contributed by atoms with Gasteiger partial charge in [0.15, 0.2) is 0 Å². The molecule has 0 saturated heterocycles. The number of hydrogen-bond acceptors (Lipinski definition) is 4. The fraction of sp³-hybridized carbons (Fsp3) is 0.209. The first-order valence-corrected chi connectivity index (χ1v) is 25.1. The molecular weight excluding hydrogens is 877 g/mol. The standard InChI is InChI=1S/C67H64N4O/c1-44-35-63(68-42-59(44)47-27-30-49(31-28-47)65(2,3)4)71-60-34-29-48(45-19-13-11-14-20-45)36-58(60)57-33-32-55(41-62(57)71)72-54-24-17-23-52(40-54)69-43-70(53-38-50(66(5,6)7)37-51(39-53)67(8,9)10)64-56(25-18-26-61(64)69)46-21-15-12-16-22-46/h11-42H,43H2,1-10H3/i1D3. The molecular formula is C67H64N4O. The van der Waals surface area contributed by atoms with Crippen LogP contribution in [0, 0.1) is 6.85 Å². The molecule has 5 nitrogen and oxygen atoms in total. The second-order valence-corrected chi connectivity index (χ2v) is 22.4. The fourth-order valence-corrected chi connectivity index (χ4v) is 10.2. The topological polar surface area (TPSA) is 33.5 Å². The van der Waals surface area contributed by atoms with Gasteiger partial charge in [0, 0.05) is 55.7 Å². The third-order valence-electron chi connectivity index (χ3n) is 14.3. The lowest BCUT2D eigenvalue weighted by Gasteiger charge is -2.30. The van der Waals surface area contributed by atoms with Gasteiger partial charge in [-0.3, -0.25) is 4.57 Å². The van der Waals surface area contributed by atoms with Gasteiger partial charge in [-0.1, -0.05) is 178 Å². The summed E-state index contributed by atoms with van der Waals surface area (Å²) in [4.78, 5) is 9.93. The van der Waals surface area contributed by atoms with E-state index in [-0.39, 0.29) is 21.8 Å². The highest BCUT2D eigenvalue weighted by Crippen LogP contribution is 2.51. The van der Waals surface area contributed by atoms with E-state index < -0.39 is 6.85 Å². The average molecular weight is 944 g/mol. The van der Waals surface area contributed by atoms with Gasteiger partial charge in [-0.05, 0) is 128 Å². The molecule has 1 aliphatic rings. The Morgan fingerprint density at radius 2 is 1.10 bits per heavy atom. The Hall–Kier alpha value is -7.89. The summed E-state index contributed by atoms with van der Waals surface area (Å²) < 4.78 is 35.3. The summed E-state index contributed by atoms with van der Waals surface area (Å²) in [7, 11) is 0. The molecule has 0 fully saturated rings. The van der Waals surface area contributed by atoms with Gasteiger partial charge in [0.1, 0.15) is 24.0 Å². The van der Waals surface area contributed by atoms with Gasteiger partial charge in [0.05, 0.1) is 22.4 Å². The van der Waals surface area contributed by atoms with Crippen molar-refractivity contribution in [3.05, 3.63) is 217 Å². The molecule has 0 bridgehead atoms. The molecule has 3 heterocycles. The number of aromatic nitrogens is 2. The second-order valence-electron chi connectivity index (χ2n) is 22.4. The maximum absolute atomic E-state index is 8.79. The molecule has 72 heavy (non-hydrogen) atoms. The van der Waals surface area contributed by atoms with Crippen LogP contribution in [0.1, 0.15) is 88.7 Å². The molecule has 2 aromatic heterocycles. The predicted octanol–water partition coefficient (Wildman–Crippen LogP) is 18.4. The van der Waals surface area contributed by atoms with Crippen LogP contribution >= 0.6 is 0 Å². The highest BCUT2D eigenvalue weighted by Gasteiger charge is 2.33. The van der Waals surface area contributed by atoms with Crippen molar-refractivity contribution >= 4 is 44.6 Å². The molecule has 0 amide bonds. The number of anilines is 4. The fourth-order valence-electron chi connectivity index (χ4n) is 10.2. The summed E-state index contributed by atoms with van der Waals surface area (Å²) in [5.41, 5.74) is 16.0. The Bertz CT molecular complexity index is 3730. The van der Waals surface area contributed by atoms with E-state index in [2.05, 4.69) is 222 Å². The van der Waals surface area contributed by atoms with E-state index in [0.717, 1.165) is 66.8 Å². The third-order valence-corrected chi connectivity index (χ3v) is 14.3. The lowest BCUT2D eigenvalue weighted by Crippen LogP contribution is -2.25. The number of nitrogens with zero attached hydrogens (tertiary/aromatic N) is 4. The summed E-state index contributed by atoms with van der Waals surface area (Å²) in [5, 5.41) is 2.02. The number of rotatable bonds is 8. The van der Waals surface area contributed by atoms with Crippen molar-refractivity contribution < 1.29 is 8.85 Å². The van der Waals surface area contributed by atoms with Crippen molar-refractivity contribution in [2.24, 2.45) is 0 Å². The molecule has 0 atom stereocenters. The van der Waals surface area contributed by atoms with Crippen LogP contribution in [0.2, 0.25) is 0 Å². The Morgan fingerprint density at radius 3 is 1.78 bits per heavy atom. The maximum Gasteiger partial charge on any atom is 0.137 e. The number of aryl methyl sites for hydroxylation is 1. The quantitative estimate of drug-likeness (QED) is 0.152. The molecule has 1 aliphatic heterocycles. The molecule has 5 heteroatoms. The first kappa shape index (κ1) is 42.9. The highest BCUT2D eigenvalue weighted by molar-refractivity contribution is 6.11. The third kappa shape index (κ3) is 8.72. The van der Waals surface area contributed by atoms with Crippen molar-refractivity contribution in [1.82, 2.24) is 9.55 Å². The summed E-state index contributed by atoms with van der Waals surface area (Å²) >= 11 is 0. The van der Waals surface area contributed by atoms with Crippen LogP contribution in [-0.2, 0) is 16.2 Å². The number of hydrogen-bond donors (Lipinski definition) is 0. The molecule has 0 aliphatic carbocycles. The molecule has 0 radical (unpaired) electrons. The zero-order valence-corrected chi connectivity index (χ0v) is 42.9. The number of para-hydroxylation sites is 1. The Labute approximate surface area is 430 Å². The predicted molar refractivity (Wildman–Crippen MR) is 304 cm³/mol. The van der Waals surface area contributed by atoms with Crippen molar-refractivity contribution in [3.63, 3.8) is 0 Å². The number of ether oxygens (including phenoxy) is 1. The number of benzene rings is 8. The van der Waals surface area contributed by atoms with E-state index >= 15 is 0 Å². The number of pyridine rings is 1. The van der Waals surface area contributed by atoms with Gasteiger partial charge < -0.3 is 14.5 Å².